The molecule has 2 amide bonds. The number of hydrogen-bond acceptors (Lipinski definition) is 2. The summed E-state index contributed by atoms with van der Waals surface area (Å²) in [4.78, 5) is 28.3. The largest absolute Gasteiger partial charge is 0.312 e. The van der Waals surface area contributed by atoms with Gasteiger partial charge in [0.05, 0.1) is 12.8 Å². The standard InChI is InChI=1S/C18H24N2O2/c1-11(2)9-19-15-5-14-8-18(22)20(10-12(3)4)16(14)6-13(15)7-17(19)21/h5-6,11-12H,7-10H2,1-4H3. The molecule has 2 aliphatic heterocycles. The second-order valence-corrected chi connectivity index (χ2v) is 7.26. The molecule has 0 spiro atoms. The monoisotopic (exact) mass is 300 g/mol. The van der Waals surface area contributed by atoms with Gasteiger partial charge in [0.15, 0.2) is 0 Å². The van der Waals surface area contributed by atoms with Gasteiger partial charge in [-0.05, 0) is 35.1 Å². The Hall–Kier alpha value is -1.84. The van der Waals surface area contributed by atoms with Crippen molar-refractivity contribution in [1.29, 1.82) is 0 Å². The zero-order valence-corrected chi connectivity index (χ0v) is 13.8. The lowest BCUT2D eigenvalue weighted by molar-refractivity contribution is -0.118. The van der Waals surface area contributed by atoms with E-state index >= 15 is 0 Å². The van der Waals surface area contributed by atoms with Crippen molar-refractivity contribution in [3.05, 3.63) is 23.3 Å². The lowest BCUT2D eigenvalue weighted by Gasteiger charge is -2.22. The number of carbonyl (C=O) groups excluding carboxylic acids is 2. The normalized spacial score (nSPS) is 17.0. The van der Waals surface area contributed by atoms with Gasteiger partial charge in [0.2, 0.25) is 11.8 Å². The molecule has 22 heavy (non-hydrogen) atoms. The van der Waals surface area contributed by atoms with E-state index in [1.807, 2.05) is 9.80 Å². The molecule has 118 valence electrons. The zero-order chi connectivity index (χ0) is 16.0. The molecular formula is C18H24N2O2. The summed E-state index contributed by atoms with van der Waals surface area (Å²) in [5.41, 5.74) is 4.15. The third kappa shape index (κ3) is 2.51. The van der Waals surface area contributed by atoms with Gasteiger partial charge in [-0.2, -0.15) is 0 Å². The molecule has 2 aliphatic rings. The van der Waals surface area contributed by atoms with Gasteiger partial charge in [-0.25, -0.2) is 0 Å². The topological polar surface area (TPSA) is 40.6 Å². The van der Waals surface area contributed by atoms with Crippen LogP contribution in [0.15, 0.2) is 12.1 Å². The smallest absolute Gasteiger partial charge is 0.231 e. The van der Waals surface area contributed by atoms with Gasteiger partial charge in [0.25, 0.3) is 0 Å². The molecule has 3 rings (SSSR count). The van der Waals surface area contributed by atoms with E-state index < -0.39 is 0 Å². The SMILES string of the molecule is CC(C)CN1C(=O)Cc2cc3c(cc21)CC(=O)N3CC(C)C. The van der Waals surface area contributed by atoms with Crippen LogP contribution in [0, 0.1) is 11.8 Å². The highest BCUT2D eigenvalue weighted by Crippen LogP contribution is 2.39. The third-order valence-electron chi connectivity index (χ3n) is 4.24. The van der Waals surface area contributed by atoms with Crippen molar-refractivity contribution in [3.8, 4) is 0 Å². The minimum atomic E-state index is 0.175. The lowest BCUT2D eigenvalue weighted by atomic mass is 10.1. The lowest BCUT2D eigenvalue weighted by Crippen LogP contribution is -2.30. The number of amides is 2. The summed E-state index contributed by atoms with van der Waals surface area (Å²) in [5, 5.41) is 0. The Balaban J connectivity index is 1.97. The van der Waals surface area contributed by atoms with E-state index in [1.54, 1.807) is 0 Å². The summed E-state index contributed by atoms with van der Waals surface area (Å²) in [5.74, 6) is 1.22. The maximum absolute atomic E-state index is 12.3. The average Bonchev–Trinajstić information content (AvgIpc) is 2.86. The van der Waals surface area contributed by atoms with E-state index in [2.05, 4.69) is 39.8 Å². The first kappa shape index (κ1) is 15.1. The second-order valence-electron chi connectivity index (χ2n) is 7.26. The molecule has 0 atom stereocenters. The first-order chi connectivity index (χ1) is 10.4. The number of benzene rings is 1. The predicted octanol–water partition coefficient (Wildman–Crippen LogP) is 2.78. The maximum atomic E-state index is 12.3. The Kier molecular flexibility index (Phi) is 3.71. The quantitative estimate of drug-likeness (QED) is 0.858. The Labute approximate surface area is 132 Å². The van der Waals surface area contributed by atoms with Crippen LogP contribution in [-0.4, -0.2) is 24.9 Å². The van der Waals surface area contributed by atoms with E-state index in [1.165, 1.54) is 0 Å². The minimum absolute atomic E-state index is 0.175. The van der Waals surface area contributed by atoms with Gasteiger partial charge in [-0.1, -0.05) is 27.7 Å². The fraction of sp³-hybridized carbons (Fsp3) is 0.556. The van der Waals surface area contributed by atoms with Crippen LogP contribution in [0.5, 0.6) is 0 Å². The summed E-state index contributed by atoms with van der Waals surface area (Å²) in [7, 11) is 0. The highest BCUT2D eigenvalue weighted by Gasteiger charge is 2.34. The van der Waals surface area contributed by atoms with Crippen LogP contribution in [0.2, 0.25) is 0 Å². The van der Waals surface area contributed by atoms with Crippen LogP contribution in [0.4, 0.5) is 11.4 Å². The molecular weight excluding hydrogens is 276 g/mol. The fourth-order valence-corrected chi connectivity index (χ4v) is 3.37. The molecule has 0 bridgehead atoms. The fourth-order valence-electron chi connectivity index (χ4n) is 3.37. The third-order valence-corrected chi connectivity index (χ3v) is 4.24. The van der Waals surface area contributed by atoms with Crippen molar-refractivity contribution >= 4 is 23.2 Å². The number of anilines is 2. The van der Waals surface area contributed by atoms with Crippen molar-refractivity contribution in [2.45, 2.75) is 40.5 Å². The van der Waals surface area contributed by atoms with Gasteiger partial charge >= 0.3 is 0 Å². The van der Waals surface area contributed by atoms with E-state index in [9.17, 15) is 9.59 Å². The highest BCUT2D eigenvalue weighted by atomic mass is 16.2. The average molecular weight is 300 g/mol. The second kappa shape index (κ2) is 5.41. The molecule has 0 aliphatic carbocycles. The molecule has 2 heterocycles. The van der Waals surface area contributed by atoms with E-state index in [4.69, 9.17) is 0 Å². The molecule has 0 fully saturated rings. The van der Waals surface area contributed by atoms with Crippen LogP contribution in [0.25, 0.3) is 0 Å². The molecule has 4 nitrogen and oxygen atoms in total. The predicted molar refractivity (Wildman–Crippen MR) is 88.2 cm³/mol. The van der Waals surface area contributed by atoms with Crippen molar-refractivity contribution in [3.63, 3.8) is 0 Å². The van der Waals surface area contributed by atoms with Gasteiger partial charge in [-0.3, -0.25) is 9.59 Å². The summed E-state index contributed by atoms with van der Waals surface area (Å²) in [6.45, 7) is 9.96. The van der Waals surface area contributed by atoms with Crippen LogP contribution >= 0.6 is 0 Å². The number of hydrogen-bond donors (Lipinski definition) is 0. The summed E-state index contributed by atoms with van der Waals surface area (Å²) >= 11 is 0. The zero-order valence-electron chi connectivity index (χ0n) is 13.8. The van der Waals surface area contributed by atoms with Gasteiger partial charge < -0.3 is 9.80 Å². The van der Waals surface area contributed by atoms with Crippen molar-refractivity contribution in [1.82, 2.24) is 0 Å². The first-order valence-electron chi connectivity index (χ1n) is 8.13. The minimum Gasteiger partial charge on any atom is -0.312 e. The van der Waals surface area contributed by atoms with Gasteiger partial charge in [-0.15, -0.1) is 0 Å². The molecule has 0 aromatic heterocycles. The summed E-state index contributed by atoms with van der Waals surface area (Å²) < 4.78 is 0. The van der Waals surface area contributed by atoms with Crippen molar-refractivity contribution in [2.75, 3.05) is 22.9 Å². The van der Waals surface area contributed by atoms with E-state index in [0.717, 1.165) is 35.6 Å². The van der Waals surface area contributed by atoms with Crippen molar-refractivity contribution in [2.24, 2.45) is 11.8 Å². The van der Waals surface area contributed by atoms with E-state index in [0.29, 0.717) is 24.7 Å². The molecule has 0 unspecified atom stereocenters. The number of fused-ring (bicyclic) bond motifs is 2. The maximum Gasteiger partial charge on any atom is 0.231 e. The number of nitrogens with zero attached hydrogens (tertiary/aromatic N) is 2. The summed E-state index contributed by atoms with van der Waals surface area (Å²) in [6, 6.07) is 4.13. The van der Waals surface area contributed by atoms with Crippen molar-refractivity contribution < 1.29 is 9.59 Å². The Morgan fingerprint density at radius 1 is 0.818 bits per heavy atom. The van der Waals surface area contributed by atoms with Crippen LogP contribution in [0.3, 0.4) is 0 Å². The molecule has 0 radical (unpaired) electrons. The molecule has 0 saturated carbocycles. The van der Waals surface area contributed by atoms with Gasteiger partial charge in [0.1, 0.15) is 0 Å². The summed E-state index contributed by atoms with van der Waals surface area (Å²) in [6.07, 6.45) is 0.915. The Morgan fingerprint density at radius 3 is 1.50 bits per heavy atom. The molecule has 1 aromatic rings. The first-order valence-corrected chi connectivity index (χ1v) is 8.13. The Morgan fingerprint density at radius 2 is 1.18 bits per heavy atom. The van der Waals surface area contributed by atoms with E-state index in [-0.39, 0.29) is 11.8 Å². The molecule has 0 N–H and O–H groups in total. The van der Waals surface area contributed by atoms with Gasteiger partial charge in [0, 0.05) is 24.5 Å². The number of rotatable bonds is 4. The Bertz CT molecular complexity index is 578. The van der Waals surface area contributed by atoms with Crippen LogP contribution in [0.1, 0.15) is 38.8 Å². The van der Waals surface area contributed by atoms with Crippen LogP contribution < -0.4 is 9.80 Å². The number of carbonyl (C=O) groups is 2. The highest BCUT2D eigenvalue weighted by molar-refractivity contribution is 6.06. The molecule has 1 aromatic carbocycles. The van der Waals surface area contributed by atoms with Crippen LogP contribution in [-0.2, 0) is 22.4 Å². The molecule has 4 heteroatoms. The molecule has 0 saturated heterocycles.